The van der Waals surface area contributed by atoms with Crippen molar-refractivity contribution in [2.24, 2.45) is 7.05 Å². The highest BCUT2D eigenvalue weighted by molar-refractivity contribution is 7.21. The molecule has 0 aromatic carbocycles. The van der Waals surface area contributed by atoms with Gasteiger partial charge in [-0.15, -0.1) is 11.3 Å². The molecule has 0 saturated carbocycles. The van der Waals surface area contributed by atoms with Gasteiger partial charge < -0.3 is 11.1 Å². The minimum absolute atomic E-state index is 0.265. The molecule has 3 aromatic heterocycles. The molecule has 3 aromatic rings. The fraction of sp³-hybridized carbons (Fsp3) is 0.0833. The van der Waals surface area contributed by atoms with E-state index in [1.165, 1.54) is 11.3 Å². The number of amides is 1. The second kappa shape index (κ2) is 4.36. The molecule has 96 valence electrons. The number of nitrogens with zero attached hydrogens (tertiary/aromatic N) is 3. The minimum Gasteiger partial charge on any atom is -0.397 e. The minimum atomic E-state index is -0.265. The highest BCUT2D eigenvalue weighted by atomic mass is 32.1. The molecule has 0 unspecified atom stereocenters. The highest BCUT2D eigenvalue weighted by Gasteiger charge is 2.17. The average molecular weight is 273 g/mol. The van der Waals surface area contributed by atoms with Crippen LogP contribution in [0.5, 0.6) is 0 Å². The van der Waals surface area contributed by atoms with Crippen LogP contribution >= 0.6 is 11.3 Å². The second-order valence-electron chi connectivity index (χ2n) is 4.03. The molecule has 1 amide bonds. The zero-order valence-electron chi connectivity index (χ0n) is 10.1. The summed E-state index contributed by atoms with van der Waals surface area (Å²) in [6.07, 6.45) is 3.43. The predicted molar refractivity (Wildman–Crippen MR) is 75.2 cm³/mol. The van der Waals surface area contributed by atoms with Crippen LogP contribution in [0.3, 0.4) is 0 Å². The molecule has 3 heterocycles. The van der Waals surface area contributed by atoms with E-state index in [-0.39, 0.29) is 5.91 Å². The summed E-state index contributed by atoms with van der Waals surface area (Å²) in [5.41, 5.74) is 6.44. The Labute approximate surface area is 112 Å². The van der Waals surface area contributed by atoms with Gasteiger partial charge >= 0.3 is 0 Å². The first-order chi connectivity index (χ1) is 9.15. The second-order valence-corrected chi connectivity index (χ2v) is 5.03. The van der Waals surface area contributed by atoms with E-state index in [4.69, 9.17) is 5.73 Å². The Balaban J connectivity index is 1.95. The van der Waals surface area contributed by atoms with Gasteiger partial charge in [0.1, 0.15) is 9.71 Å². The number of carbonyl (C=O) groups excluding carboxylic acids is 1. The molecule has 0 aliphatic rings. The maximum Gasteiger partial charge on any atom is 0.269 e. The number of nitrogens with one attached hydrogen (secondary N) is 1. The van der Waals surface area contributed by atoms with Crippen LogP contribution in [0.15, 0.2) is 30.6 Å². The van der Waals surface area contributed by atoms with E-state index in [2.05, 4.69) is 15.4 Å². The van der Waals surface area contributed by atoms with Crippen molar-refractivity contribution in [2.45, 2.75) is 0 Å². The van der Waals surface area contributed by atoms with E-state index in [0.29, 0.717) is 16.4 Å². The van der Waals surface area contributed by atoms with E-state index >= 15 is 0 Å². The Morgan fingerprint density at radius 3 is 3.00 bits per heavy atom. The molecule has 0 aliphatic heterocycles. The Morgan fingerprint density at radius 1 is 1.47 bits per heavy atom. The maximum atomic E-state index is 12.2. The zero-order chi connectivity index (χ0) is 13.4. The van der Waals surface area contributed by atoms with Crippen molar-refractivity contribution < 1.29 is 4.79 Å². The van der Waals surface area contributed by atoms with Gasteiger partial charge in [-0.2, -0.15) is 5.10 Å². The smallest absolute Gasteiger partial charge is 0.269 e. The van der Waals surface area contributed by atoms with E-state index in [1.807, 2.05) is 6.07 Å². The van der Waals surface area contributed by atoms with Crippen molar-refractivity contribution in [3.63, 3.8) is 0 Å². The maximum absolute atomic E-state index is 12.2. The summed E-state index contributed by atoms with van der Waals surface area (Å²) >= 11 is 1.28. The van der Waals surface area contributed by atoms with Crippen molar-refractivity contribution in [1.29, 1.82) is 0 Å². The first kappa shape index (κ1) is 11.7. The largest absolute Gasteiger partial charge is 0.397 e. The van der Waals surface area contributed by atoms with Gasteiger partial charge in [-0.3, -0.25) is 9.48 Å². The number of anilines is 2. The molecule has 6 nitrogen and oxygen atoms in total. The average Bonchev–Trinajstić information content (AvgIpc) is 2.94. The lowest BCUT2D eigenvalue weighted by Gasteiger charge is -2.00. The molecule has 0 fully saturated rings. The number of nitrogens with two attached hydrogens (primary N) is 1. The number of fused-ring (bicyclic) bond motifs is 1. The number of rotatable bonds is 2. The van der Waals surface area contributed by atoms with Gasteiger partial charge in [0.25, 0.3) is 5.91 Å². The van der Waals surface area contributed by atoms with Crippen LogP contribution in [0.25, 0.3) is 10.2 Å². The van der Waals surface area contributed by atoms with E-state index in [0.717, 1.165) is 10.2 Å². The first-order valence-electron chi connectivity index (χ1n) is 5.59. The van der Waals surface area contributed by atoms with Crippen molar-refractivity contribution in [3.05, 3.63) is 35.5 Å². The molecule has 3 N–H and O–H groups in total. The molecule has 0 spiro atoms. The normalized spacial score (nSPS) is 10.8. The van der Waals surface area contributed by atoms with Crippen molar-refractivity contribution >= 4 is 39.0 Å². The van der Waals surface area contributed by atoms with Crippen LogP contribution in [0.4, 0.5) is 11.5 Å². The third-order valence-corrected chi connectivity index (χ3v) is 3.79. The van der Waals surface area contributed by atoms with Crippen molar-refractivity contribution in [2.75, 3.05) is 11.1 Å². The summed E-state index contributed by atoms with van der Waals surface area (Å²) in [5.74, 6) is 0.233. The summed E-state index contributed by atoms with van der Waals surface area (Å²) in [6, 6.07) is 5.37. The van der Waals surface area contributed by atoms with Gasteiger partial charge in [0.05, 0.1) is 5.69 Å². The van der Waals surface area contributed by atoms with Gasteiger partial charge in [0, 0.05) is 30.9 Å². The number of hydrogen-bond acceptors (Lipinski definition) is 5. The number of hydrogen-bond donors (Lipinski definition) is 2. The third kappa shape index (κ3) is 2.04. The molecule has 0 atom stereocenters. The summed E-state index contributed by atoms with van der Waals surface area (Å²) in [4.78, 5) is 17.6. The van der Waals surface area contributed by atoms with Crippen LogP contribution in [0, 0.1) is 0 Å². The lowest BCUT2D eigenvalue weighted by atomic mass is 10.2. The molecule has 0 saturated heterocycles. The SMILES string of the molecule is Cn1ccc(NC(=O)c2sc3ncccc3c2N)n1. The summed E-state index contributed by atoms with van der Waals surface area (Å²) < 4.78 is 1.62. The molecule has 7 heteroatoms. The van der Waals surface area contributed by atoms with Gasteiger partial charge in [-0.1, -0.05) is 0 Å². The summed E-state index contributed by atoms with van der Waals surface area (Å²) in [6.45, 7) is 0. The molecule has 0 bridgehead atoms. The van der Waals surface area contributed by atoms with Gasteiger partial charge in [0.2, 0.25) is 0 Å². The summed E-state index contributed by atoms with van der Waals surface area (Å²) in [7, 11) is 1.79. The number of nitrogen functional groups attached to an aromatic ring is 1. The Hall–Kier alpha value is -2.41. The number of aryl methyl sites for hydroxylation is 1. The van der Waals surface area contributed by atoms with E-state index in [1.54, 1.807) is 36.3 Å². The highest BCUT2D eigenvalue weighted by Crippen LogP contribution is 2.32. The molecular weight excluding hydrogens is 262 g/mol. The van der Waals surface area contributed by atoms with Gasteiger partial charge in [0.15, 0.2) is 5.82 Å². The van der Waals surface area contributed by atoms with E-state index in [9.17, 15) is 4.79 Å². The van der Waals surface area contributed by atoms with Crippen molar-refractivity contribution in [3.8, 4) is 0 Å². The zero-order valence-corrected chi connectivity index (χ0v) is 10.9. The summed E-state index contributed by atoms with van der Waals surface area (Å²) in [5, 5.41) is 7.61. The predicted octanol–water partition coefficient (Wildman–Crippen LogP) is 1.86. The number of thiophene rings is 1. The van der Waals surface area contributed by atoms with Crippen LogP contribution in [-0.4, -0.2) is 20.7 Å². The van der Waals surface area contributed by atoms with Crippen LogP contribution < -0.4 is 11.1 Å². The Morgan fingerprint density at radius 2 is 2.32 bits per heavy atom. The van der Waals surface area contributed by atoms with Crippen LogP contribution in [-0.2, 0) is 7.05 Å². The fourth-order valence-corrected chi connectivity index (χ4v) is 2.73. The molecule has 0 radical (unpaired) electrons. The Kier molecular flexibility index (Phi) is 2.68. The number of pyridine rings is 1. The number of aromatic nitrogens is 3. The Bertz CT molecular complexity index is 760. The van der Waals surface area contributed by atoms with E-state index < -0.39 is 0 Å². The molecule has 3 rings (SSSR count). The lowest BCUT2D eigenvalue weighted by molar-refractivity contribution is 0.103. The molecular formula is C12H11N5OS. The van der Waals surface area contributed by atoms with Gasteiger partial charge in [-0.25, -0.2) is 4.98 Å². The van der Waals surface area contributed by atoms with Crippen LogP contribution in [0.1, 0.15) is 9.67 Å². The van der Waals surface area contributed by atoms with Crippen LogP contribution in [0.2, 0.25) is 0 Å². The van der Waals surface area contributed by atoms with Crippen molar-refractivity contribution in [1.82, 2.24) is 14.8 Å². The third-order valence-electron chi connectivity index (χ3n) is 2.67. The fourth-order valence-electron chi connectivity index (χ4n) is 1.77. The molecule has 0 aliphatic carbocycles. The number of carbonyl (C=O) groups is 1. The first-order valence-corrected chi connectivity index (χ1v) is 6.41. The lowest BCUT2D eigenvalue weighted by Crippen LogP contribution is -2.12. The quantitative estimate of drug-likeness (QED) is 0.746. The standard InChI is InChI=1S/C12H11N5OS/c1-17-6-4-8(16-17)15-11(18)10-9(13)7-3-2-5-14-12(7)19-10/h2-6H,13H2,1H3,(H,15,16,18). The topological polar surface area (TPSA) is 85.8 Å². The monoisotopic (exact) mass is 273 g/mol. The van der Waals surface area contributed by atoms with Gasteiger partial charge in [-0.05, 0) is 12.1 Å². The molecule has 19 heavy (non-hydrogen) atoms.